The Balaban J connectivity index is 0.000000227. The number of rotatable bonds is 17. The predicted molar refractivity (Wildman–Crippen MR) is 360 cm³/mol. The SMILES string of the molecule is Cc1cn(C2C[C@H](OC(=O)OC(C)(C)C)[C@@H](COC(=O)OC(C)(C)C)O2)c(=O)[nH]c1=O.Cc1cn([C@H]2C[C@@H](O)[C@@H](CO)O2)c(=O)[nH]c1=O.Cc1cn([C@H]2C[C@@H](O)[C@@H](CO)O2)c(=O)n(CC(O)CF)c1=O.Cc1cn([C@H]2C[C@H](OC(=O)OC(C)(C)C)[C@@H](COC(=O)OC(C)(C)C)O2)c(=O)n(CC2CO2)c1=O. The van der Waals surface area contributed by atoms with Gasteiger partial charge in [-0.1, -0.05) is 0 Å². The van der Waals surface area contributed by atoms with Gasteiger partial charge in [-0.25, -0.2) is 42.7 Å². The topological polar surface area (TPSA) is 490 Å². The fourth-order valence-electron chi connectivity index (χ4n) is 10.5. The van der Waals surface area contributed by atoms with Crippen molar-refractivity contribution in [3.8, 4) is 0 Å². The number of aryl methyl sites for hydroxylation is 4. The summed E-state index contributed by atoms with van der Waals surface area (Å²) in [5.74, 6) is 0. The number of ether oxygens (including phenoxy) is 13. The molecule has 0 aliphatic carbocycles. The van der Waals surface area contributed by atoms with Crippen molar-refractivity contribution in [1.82, 2.24) is 37.4 Å². The number of aliphatic hydroxyl groups excluding tert-OH is 5. The van der Waals surface area contributed by atoms with Gasteiger partial charge in [0.25, 0.3) is 22.2 Å². The van der Waals surface area contributed by atoms with Gasteiger partial charge in [-0.05, 0) is 111 Å². The average Bonchev–Trinajstić information content (AvgIpc) is 1.77. The highest BCUT2D eigenvalue weighted by molar-refractivity contribution is 5.62. The number of aromatic nitrogens is 8. The van der Waals surface area contributed by atoms with E-state index in [0.717, 1.165) is 13.7 Å². The smallest absolute Gasteiger partial charge is 0.431 e. The average molecular weight is 1500 g/mol. The number of hydrogen-bond donors (Lipinski definition) is 7. The lowest BCUT2D eigenvalue weighted by atomic mass is 10.2. The minimum absolute atomic E-state index is 0.0685. The van der Waals surface area contributed by atoms with Gasteiger partial charge >= 0.3 is 47.4 Å². The van der Waals surface area contributed by atoms with Crippen LogP contribution in [0.3, 0.4) is 0 Å². The Hall–Kier alpha value is -8.67. The summed E-state index contributed by atoms with van der Waals surface area (Å²) in [4.78, 5) is 149. The number of carbonyl (C=O) groups is 4. The number of hydrogen-bond acceptors (Lipinski definition) is 30. The highest BCUT2D eigenvalue weighted by Gasteiger charge is 2.44. The molecule has 7 N–H and O–H groups in total. The number of aliphatic hydroxyl groups is 5. The predicted octanol–water partition coefficient (Wildman–Crippen LogP) is 1.46. The number of aromatic amines is 2. The second kappa shape index (κ2) is 35.6. The molecule has 5 aliphatic rings. The second-order valence-electron chi connectivity index (χ2n) is 29.3. The number of halogens is 1. The van der Waals surface area contributed by atoms with Crippen molar-refractivity contribution in [2.24, 2.45) is 0 Å². The van der Waals surface area contributed by atoms with Crippen LogP contribution in [0.1, 0.15) is 156 Å². The second-order valence-corrected chi connectivity index (χ2v) is 29.3. The molecule has 0 amide bonds. The molecule has 9 rings (SSSR count). The fraction of sp³-hybridized carbons (Fsp3) is 0.697. The number of nitrogens with zero attached hydrogens (tertiary/aromatic N) is 6. The van der Waals surface area contributed by atoms with Gasteiger partial charge in [0.15, 0.2) is 0 Å². The highest BCUT2D eigenvalue weighted by atomic mass is 19.1. The third kappa shape index (κ3) is 25.0. The van der Waals surface area contributed by atoms with Crippen LogP contribution in [0, 0.1) is 27.7 Å². The Bertz CT molecular complexity index is 4180. The molecule has 5 saturated heterocycles. The molecule has 3 unspecified atom stereocenters. The molecule has 0 bridgehead atoms. The molecule has 4 aromatic rings. The van der Waals surface area contributed by atoms with Crippen LogP contribution in [0.25, 0.3) is 0 Å². The van der Waals surface area contributed by atoms with Crippen molar-refractivity contribution in [1.29, 1.82) is 0 Å². The first-order valence-corrected chi connectivity index (χ1v) is 33.5. The Kier molecular flexibility index (Phi) is 28.9. The van der Waals surface area contributed by atoms with Gasteiger partial charge in [0.05, 0.1) is 51.2 Å². The number of epoxide rings is 1. The highest BCUT2D eigenvalue weighted by Crippen LogP contribution is 2.34. The van der Waals surface area contributed by atoms with E-state index < -0.39 is 192 Å². The molecule has 5 fully saturated rings. The molecule has 38 nitrogen and oxygen atoms in total. The summed E-state index contributed by atoms with van der Waals surface area (Å²) in [5, 5.41) is 46.6. The first-order valence-electron chi connectivity index (χ1n) is 33.5. The van der Waals surface area contributed by atoms with E-state index in [1.165, 1.54) is 45.4 Å². The summed E-state index contributed by atoms with van der Waals surface area (Å²) in [7, 11) is 0. The Labute approximate surface area is 598 Å². The number of alkyl halides is 1. The molecule has 588 valence electrons. The van der Waals surface area contributed by atoms with Crippen LogP contribution in [0.4, 0.5) is 23.6 Å². The Morgan fingerprint density at radius 1 is 0.505 bits per heavy atom. The largest absolute Gasteiger partial charge is 0.509 e. The van der Waals surface area contributed by atoms with E-state index in [4.69, 9.17) is 71.8 Å². The van der Waals surface area contributed by atoms with E-state index in [-0.39, 0.29) is 63.7 Å². The maximum Gasteiger partial charge on any atom is 0.509 e. The summed E-state index contributed by atoms with van der Waals surface area (Å²) in [5.41, 5.74) is -6.40. The standard InChI is InChI=1S/C23H34N2O10.C20H30N2O9.C13H19FN2O6.C10H14N2O5/c1-13-9-24(19(27)25(18(13)26)10-14-11-30-14)17-8-15(33-21(29)35-23(5,6)7)16(32-17)12-31-20(28)34-22(2,3)4;1-11-9-22(16(24)21-15(11)23)14-8-12(29-18(26)31-20(5,6)7)13(28-14)10-27-17(25)30-19(2,3)4;1-7-4-15(11-2-9(19)10(6-17)22-11)13(21)16(12(7)20)5-8(18)3-14;1-5-3-12(10(16)11-9(5)15)8-2-6(14)7(4-13)17-8/h9,14-17H,8,10-12H2,1-7H3;9,12-14H,8,10H2,1-7H3,(H,21,23,24);4,8-11,17-19H,2-3,5-6H2,1H3;3,6-8,13-14H,2,4H2,1H3,(H,11,15,16)/t14?,15-,16+,17+;12-,13+,14?;8?,9-,10-,11-;6-,7-,8-/m0011/s1. The molecule has 9 heterocycles. The lowest BCUT2D eigenvalue weighted by molar-refractivity contribution is -0.0830. The van der Waals surface area contributed by atoms with Crippen molar-refractivity contribution in [3.05, 3.63) is 130 Å². The van der Waals surface area contributed by atoms with Crippen molar-refractivity contribution in [2.45, 2.75) is 258 Å². The monoisotopic (exact) mass is 1500 g/mol. The normalized spacial score (nSPS) is 24.5. The van der Waals surface area contributed by atoms with Crippen LogP contribution >= 0.6 is 0 Å². The van der Waals surface area contributed by atoms with Gasteiger partial charge in [0, 0.05) is 72.7 Å². The van der Waals surface area contributed by atoms with Crippen molar-refractivity contribution >= 4 is 24.6 Å². The molecule has 4 aromatic heterocycles. The maximum atomic E-state index is 13.1. The molecular formula is C66H97FN8O30. The van der Waals surface area contributed by atoms with Crippen molar-refractivity contribution < 1.29 is 111 Å². The van der Waals surface area contributed by atoms with Crippen LogP contribution in [-0.4, -0.2) is 211 Å². The molecule has 0 saturated carbocycles. The number of carbonyl (C=O) groups excluding carboxylic acids is 4. The zero-order valence-electron chi connectivity index (χ0n) is 61.4. The summed E-state index contributed by atoms with van der Waals surface area (Å²) in [6, 6.07) is 0. The molecule has 105 heavy (non-hydrogen) atoms. The Morgan fingerprint density at radius 3 is 1.18 bits per heavy atom. The first-order chi connectivity index (χ1) is 48.7. The van der Waals surface area contributed by atoms with Gasteiger partial charge in [-0.15, -0.1) is 0 Å². The summed E-state index contributed by atoms with van der Waals surface area (Å²) < 4.78 is 88.5. The van der Waals surface area contributed by atoms with Gasteiger partial charge in [-0.3, -0.25) is 56.5 Å². The van der Waals surface area contributed by atoms with Crippen molar-refractivity contribution in [2.75, 3.05) is 39.7 Å². The minimum Gasteiger partial charge on any atom is -0.431 e. The third-order valence-corrected chi connectivity index (χ3v) is 15.5. The molecule has 39 heteroatoms. The van der Waals surface area contributed by atoms with Gasteiger partial charge in [-0.2, -0.15) is 0 Å². The third-order valence-electron chi connectivity index (χ3n) is 15.5. The zero-order chi connectivity index (χ0) is 78.7. The van der Waals surface area contributed by atoms with Gasteiger partial charge in [0.1, 0.15) is 110 Å². The molecule has 0 spiro atoms. The maximum absolute atomic E-state index is 13.1. The quantitative estimate of drug-likeness (QED) is 0.0447. The van der Waals surface area contributed by atoms with Gasteiger partial charge in [0.2, 0.25) is 0 Å². The molecule has 14 atom stereocenters. The molecule has 0 radical (unpaired) electrons. The van der Waals surface area contributed by atoms with E-state index in [1.807, 2.05) is 0 Å². The van der Waals surface area contributed by atoms with Gasteiger partial charge < -0.3 is 87.1 Å². The van der Waals surface area contributed by atoms with Crippen LogP contribution in [0.5, 0.6) is 0 Å². The first kappa shape index (κ1) is 85.3. The molecule has 5 aliphatic heterocycles. The number of nitrogens with one attached hydrogen (secondary N) is 2. The van der Waals surface area contributed by atoms with Crippen LogP contribution < -0.4 is 45.0 Å². The van der Waals surface area contributed by atoms with Crippen LogP contribution in [-0.2, 0) is 74.7 Å². The van der Waals surface area contributed by atoms with E-state index in [0.29, 0.717) is 23.3 Å². The summed E-state index contributed by atoms with van der Waals surface area (Å²) in [6.07, 6.45) is -9.49. The zero-order valence-corrected chi connectivity index (χ0v) is 61.4. The number of H-pyrrole nitrogens is 2. The van der Waals surface area contributed by atoms with E-state index in [1.54, 1.807) is 104 Å². The van der Waals surface area contributed by atoms with Crippen LogP contribution in [0.15, 0.2) is 63.1 Å². The fourth-order valence-corrected chi connectivity index (χ4v) is 10.5. The Morgan fingerprint density at radius 2 is 0.829 bits per heavy atom. The molecule has 0 aromatic carbocycles. The lowest BCUT2D eigenvalue weighted by Gasteiger charge is -2.23. The van der Waals surface area contributed by atoms with E-state index in [2.05, 4.69) is 9.97 Å². The minimum atomic E-state index is -1.46. The van der Waals surface area contributed by atoms with E-state index >= 15 is 0 Å². The van der Waals surface area contributed by atoms with Crippen LogP contribution in [0.2, 0.25) is 0 Å². The lowest BCUT2D eigenvalue weighted by Crippen LogP contribution is -2.44. The summed E-state index contributed by atoms with van der Waals surface area (Å²) in [6.45, 7) is 24.3. The molecular weight excluding hydrogens is 1400 g/mol. The summed E-state index contributed by atoms with van der Waals surface area (Å²) >= 11 is 0. The van der Waals surface area contributed by atoms with E-state index in [9.17, 15) is 77.2 Å². The van der Waals surface area contributed by atoms with Crippen molar-refractivity contribution in [3.63, 3.8) is 0 Å².